The zero-order valence-electron chi connectivity index (χ0n) is 12.6. The Balaban J connectivity index is 2.12. The van der Waals surface area contributed by atoms with Crippen molar-refractivity contribution in [2.75, 3.05) is 0 Å². The second kappa shape index (κ2) is 5.48. The molecule has 0 bridgehead atoms. The molecule has 0 fully saturated rings. The van der Waals surface area contributed by atoms with Crippen molar-refractivity contribution in [1.82, 2.24) is 24.9 Å². The molecule has 1 amide bonds. The van der Waals surface area contributed by atoms with Crippen LogP contribution < -0.4 is 5.32 Å². The van der Waals surface area contributed by atoms with Gasteiger partial charge in [0.1, 0.15) is 5.69 Å². The molecular weight excluding hydrogens is 254 g/mol. The third kappa shape index (κ3) is 2.59. The van der Waals surface area contributed by atoms with Gasteiger partial charge in [-0.25, -0.2) is 0 Å². The summed E-state index contributed by atoms with van der Waals surface area (Å²) >= 11 is 0. The molecular formula is C14H21N5O. The summed E-state index contributed by atoms with van der Waals surface area (Å²) in [6.07, 6.45) is 1.81. The van der Waals surface area contributed by atoms with Gasteiger partial charge in [0, 0.05) is 30.5 Å². The summed E-state index contributed by atoms with van der Waals surface area (Å²) in [5.41, 5.74) is 3.51. The number of rotatable bonds is 4. The van der Waals surface area contributed by atoms with Gasteiger partial charge in [-0.2, -0.15) is 10.2 Å². The average molecular weight is 275 g/mol. The molecule has 108 valence electrons. The molecule has 0 aromatic carbocycles. The zero-order valence-corrected chi connectivity index (χ0v) is 12.6. The number of amides is 1. The molecule has 2 aromatic heterocycles. The van der Waals surface area contributed by atoms with Gasteiger partial charge < -0.3 is 5.32 Å². The van der Waals surface area contributed by atoms with Crippen molar-refractivity contribution in [3.63, 3.8) is 0 Å². The molecule has 20 heavy (non-hydrogen) atoms. The lowest BCUT2D eigenvalue weighted by Gasteiger charge is -2.13. The van der Waals surface area contributed by atoms with E-state index in [1.807, 2.05) is 45.6 Å². The van der Waals surface area contributed by atoms with Gasteiger partial charge in [0.15, 0.2) is 0 Å². The number of hydrogen-bond acceptors (Lipinski definition) is 3. The number of nitrogens with one attached hydrogen (secondary N) is 1. The van der Waals surface area contributed by atoms with E-state index in [1.54, 1.807) is 10.7 Å². The lowest BCUT2D eigenvalue weighted by atomic mass is 10.1. The van der Waals surface area contributed by atoms with Gasteiger partial charge in [-0.05, 0) is 33.8 Å². The van der Waals surface area contributed by atoms with E-state index < -0.39 is 0 Å². The minimum Gasteiger partial charge on any atom is -0.344 e. The molecule has 0 aliphatic heterocycles. The Labute approximate surface area is 118 Å². The van der Waals surface area contributed by atoms with E-state index >= 15 is 0 Å². The number of aromatic nitrogens is 4. The van der Waals surface area contributed by atoms with Crippen LogP contribution in [0.4, 0.5) is 0 Å². The van der Waals surface area contributed by atoms with Crippen LogP contribution in [-0.4, -0.2) is 25.5 Å². The number of carbonyl (C=O) groups is 1. The minimum absolute atomic E-state index is 0.0925. The fourth-order valence-electron chi connectivity index (χ4n) is 2.22. The predicted octanol–water partition coefficient (Wildman–Crippen LogP) is 1.74. The first kappa shape index (κ1) is 14.3. The molecule has 1 atom stereocenters. The molecule has 6 heteroatoms. The van der Waals surface area contributed by atoms with Crippen molar-refractivity contribution in [2.45, 2.75) is 40.3 Å². The summed E-state index contributed by atoms with van der Waals surface area (Å²) in [5.74, 6) is -0.162. The monoisotopic (exact) mass is 275 g/mol. The maximum atomic E-state index is 12.2. The Morgan fingerprint density at radius 3 is 2.65 bits per heavy atom. The van der Waals surface area contributed by atoms with E-state index in [-0.39, 0.29) is 11.9 Å². The van der Waals surface area contributed by atoms with E-state index in [0.717, 1.165) is 23.5 Å². The number of nitrogens with zero attached hydrogens (tertiary/aromatic N) is 4. The number of hydrogen-bond donors (Lipinski definition) is 1. The lowest BCUT2D eigenvalue weighted by molar-refractivity contribution is 0.0934. The van der Waals surface area contributed by atoms with Crippen molar-refractivity contribution in [2.24, 2.45) is 7.05 Å². The topological polar surface area (TPSA) is 64.7 Å². The Hall–Kier alpha value is -2.11. The highest BCUT2D eigenvalue weighted by atomic mass is 16.2. The van der Waals surface area contributed by atoms with E-state index in [0.29, 0.717) is 5.69 Å². The van der Waals surface area contributed by atoms with Crippen LogP contribution in [0.3, 0.4) is 0 Å². The van der Waals surface area contributed by atoms with E-state index in [1.165, 1.54) is 0 Å². The second-order valence-electron chi connectivity index (χ2n) is 4.99. The molecule has 0 radical (unpaired) electrons. The van der Waals surface area contributed by atoms with Gasteiger partial charge in [-0.1, -0.05) is 0 Å². The Kier molecular flexibility index (Phi) is 3.92. The van der Waals surface area contributed by atoms with Crippen LogP contribution in [0, 0.1) is 13.8 Å². The fourth-order valence-corrected chi connectivity index (χ4v) is 2.22. The summed E-state index contributed by atoms with van der Waals surface area (Å²) in [5, 5.41) is 11.4. The number of carbonyl (C=O) groups excluding carboxylic acids is 1. The summed E-state index contributed by atoms with van der Waals surface area (Å²) < 4.78 is 3.61. The fraction of sp³-hybridized carbons (Fsp3) is 0.500. The molecule has 0 aliphatic carbocycles. The van der Waals surface area contributed by atoms with Crippen LogP contribution in [0.5, 0.6) is 0 Å². The normalized spacial score (nSPS) is 12.4. The van der Waals surface area contributed by atoms with Gasteiger partial charge in [-0.15, -0.1) is 0 Å². The quantitative estimate of drug-likeness (QED) is 0.924. The van der Waals surface area contributed by atoms with Gasteiger partial charge >= 0.3 is 0 Å². The molecule has 2 aromatic rings. The highest BCUT2D eigenvalue weighted by Gasteiger charge is 2.18. The first-order valence-corrected chi connectivity index (χ1v) is 6.77. The van der Waals surface area contributed by atoms with Gasteiger partial charge in [-0.3, -0.25) is 14.2 Å². The molecule has 0 aliphatic rings. The van der Waals surface area contributed by atoms with Gasteiger partial charge in [0.2, 0.25) is 0 Å². The van der Waals surface area contributed by atoms with Crippen LogP contribution in [0.2, 0.25) is 0 Å². The van der Waals surface area contributed by atoms with Gasteiger partial charge in [0.25, 0.3) is 5.91 Å². The molecule has 1 unspecified atom stereocenters. The smallest absolute Gasteiger partial charge is 0.272 e. The summed E-state index contributed by atoms with van der Waals surface area (Å²) in [4.78, 5) is 12.2. The van der Waals surface area contributed by atoms with Crippen molar-refractivity contribution in [1.29, 1.82) is 0 Å². The molecule has 0 saturated heterocycles. The largest absolute Gasteiger partial charge is 0.344 e. The Bertz CT molecular complexity index is 606. The average Bonchev–Trinajstić information content (AvgIpc) is 2.93. The molecule has 0 saturated carbocycles. The van der Waals surface area contributed by atoms with E-state index in [9.17, 15) is 4.79 Å². The Morgan fingerprint density at radius 2 is 2.15 bits per heavy atom. The lowest BCUT2D eigenvalue weighted by Crippen LogP contribution is -2.27. The summed E-state index contributed by atoms with van der Waals surface area (Å²) in [7, 11) is 1.82. The summed E-state index contributed by atoms with van der Waals surface area (Å²) in [6.45, 7) is 8.76. The van der Waals surface area contributed by atoms with Crippen LogP contribution in [0.15, 0.2) is 12.3 Å². The third-order valence-electron chi connectivity index (χ3n) is 3.60. The second-order valence-corrected chi connectivity index (χ2v) is 4.99. The zero-order chi connectivity index (χ0) is 14.9. The van der Waals surface area contributed by atoms with Gasteiger partial charge in [0.05, 0.1) is 12.2 Å². The first-order chi connectivity index (χ1) is 9.43. The maximum Gasteiger partial charge on any atom is 0.272 e. The third-order valence-corrected chi connectivity index (χ3v) is 3.60. The number of aryl methyl sites for hydroxylation is 3. The molecule has 2 rings (SSSR count). The SMILES string of the molecule is CCn1ncc(C(C)NC(=O)c2cc(C)n(C)n2)c1C. The predicted molar refractivity (Wildman–Crippen MR) is 76.5 cm³/mol. The maximum absolute atomic E-state index is 12.2. The highest BCUT2D eigenvalue weighted by molar-refractivity contribution is 5.92. The van der Waals surface area contributed by atoms with Crippen LogP contribution in [0.25, 0.3) is 0 Å². The van der Waals surface area contributed by atoms with Crippen molar-refractivity contribution >= 4 is 5.91 Å². The molecule has 1 N–H and O–H groups in total. The van der Waals surface area contributed by atoms with E-state index in [2.05, 4.69) is 15.5 Å². The summed E-state index contributed by atoms with van der Waals surface area (Å²) in [6, 6.07) is 1.69. The van der Waals surface area contributed by atoms with Crippen LogP contribution >= 0.6 is 0 Å². The van der Waals surface area contributed by atoms with Crippen molar-refractivity contribution < 1.29 is 4.79 Å². The van der Waals surface area contributed by atoms with Crippen LogP contribution in [0.1, 0.15) is 47.3 Å². The van der Waals surface area contributed by atoms with Crippen molar-refractivity contribution in [3.8, 4) is 0 Å². The van der Waals surface area contributed by atoms with Crippen molar-refractivity contribution in [3.05, 3.63) is 34.9 Å². The van der Waals surface area contributed by atoms with Crippen LogP contribution in [-0.2, 0) is 13.6 Å². The first-order valence-electron chi connectivity index (χ1n) is 6.77. The highest BCUT2D eigenvalue weighted by Crippen LogP contribution is 2.17. The molecule has 2 heterocycles. The minimum atomic E-state index is -0.162. The molecule has 6 nitrogen and oxygen atoms in total. The van der Waals surface area contributed by atoms with E-state index in [4.69, 9.17) is 0 Å². The standard InChI is InChI=1S/C14H21N5O/c1-6-19-11(4)12(8-15-19)10(3)16-14(20)13-7-9(2)18(5)17-13/h7-8,10H,6H2,1-5H3,(H,16,20). The Morgan fingerprint density at radius 1 is 1.45 bits per heavy atom. The molecule has 0 spiro atoms.